The van der Waals surface area contributed by atoms with Gasteiger partial charge in [0.15, 0.2) is 0 Å². The first-order chi connectivity index (χ1) is 7.07. The molecule has 0 saturated carbocycles. The van der Waals surface area contributed by atoms with Crippen LogP contribution in [0.15, 0.2) is 18.2 Å². The first kappa shape index (κ1) is 12.1. The summed E-state index contributed by atoms with van der Waals surface area (Å²) in [5, 5.41) is 3.16. The summed E-state index contributed by atoms with van der Waals surface area (Å²) in [7, 11) is 0. The summed E-state index contributed by atoms with van der Waals surface area (Å²) in [5.74, 6) is -1.11. The molecule has 0 saturated heterocycles. The minimum absolute atomic E-state index is 0.0569. The summed E-state index contributed by atoms with van der Waals surface area (Å²) in [5.41, 5.74) is 0.172. The van der Waals surface area contributed by atoms with Gasteiger partial charge in [-0.3, -0.25) is 0 Å². The summed E-state index contributed by atoms with van der Waals surface area (Å²) in [6.07, 6.45) is 0. The Morgan fingerprint density at radius 2 is 1.73 bits per heavy atom. The number of halogens is 2. The largest absolute Gasteiger partial charge is 0.314 e. The van der Waals surface area contributed by atoms with Crippen molar-refractivity contribution in [1.82, 2.24) is 5.32 Å². The van der Waals surface area contributed by atoms with Crippen LogP contribution in [0.2, 0.25) is 0 Å². The Hall–Kier alpha value is -0.960. The van der Waals surface area contributed by atoms with Gasteiger partial charge < -0.3 is 5.32 Å². The highest BCUT2D eigenvalue weighted by molar-refractivity contribution is 5.24. The van der Waals surface area contributed by atoms with Crippen molar-refractivity contribution in [2.24, 2.45) is 0 Å². The van der Waals surface area contributed by atoms with E-state index >= 15 is 0 Å². The zero-order valence-corrected chi connectivity index (χ0v) is 9.35. The molecule has 0 amide bonds. The van der Waals surface area contributed by atoms with Crippen molar-refractivity contribution in [2.75, 3.05) is 6.54 Å². The fourth-order valence-corrected chi connectivity index (χ4v) is 1.69. The molecule has 2 unspecified atom stereocenters. The Kier molecular flexibility index (Phi) is 4.21. The zero-order chi connectivity index (χ0) is 11.4. The van der Waals surface area contributed by atoms with Crippen molar-refractivity contribution in [2.45, 2.75) is 32.7 Å². The van der Waals surface area contributed by atoms with Crippen molar-refractivity contribution in [1.29, 1.82) is 0 Å². The SMILES string of the molecule is CCNC(C)C(C)c1c(F)cccc1F. The molecule has 2 atom stereocenters. The molecule has 0 heterocycles. The van der Waals surface area contributed by atoms with Crippen molar-refractivity contribution in [3.05, 3.63) is 35.4 Å². The monoisotopic (exact) mass is 213 g/mol. The Morgan fingerprint density at radius 3 is 2.20 bits per heavy atom. The van der Waals surface area contributed by atoms with Gasteiger partial charge in [0.2, 0.25) is 0 Å². The lowest BCUT2D eigenvalue weighted by Crippen LogP contribution is -2.31. The maximum absolute atomic E-state index is 13.4. The minimum atomic E-state index is -0.466. The number of hydrogen-bond acceptors (Lipinski definition) is 1. The highest BCUT2D eigenvalue weighted by Gasteiger charge is 2.20. The summed E-state index contributed by atoms with van der Waals surface area (Å²) in [4.78, 5) is 0. The Morgan fingerprint density at radius 1 is 1.20 bits per heavy atom. The van der Waals surface area contributed by atoms with E-state index in [0.717, 1.165) is 6.54 Å². The van der Waals surface area contributed by atoms with Crippen molar-refractivity contribution in [3.8, 4) is 0 Å². The predicted molar refractivity (Wildman–Crippen MR) is 57.9 cm³/mol. The standard InChI is InChI=1S/C12H17F2N/c1-4-15-9(3)8(2)12-10(13)6-5-7-11(12)14/h5-9,15H,4H2,1-3H3. The number of nitrogens with one attached hydrogen (secondary N) is 1. The van der Waals surface area contributed by atoms with E-state index in [4.69, 9.17) is 0 Å². The average Bonchev–Trinajstić information content (AvgIpc) is 2.17. The van der Waals surface area contributed by atoms with Gasteiger partial charge in [0.05, 0.1) is 0 Å². The second-order valence-electron chi connectivity index (χ2n) is 3.77. The van der Waals surface area contributed by atoms with Crippen LogP contribution in [0.25, 0.3) is 0 Å². The Balaban J connectivity index is 2.94. The number of rotatable bonds is 4. The molecule has 1 N–H and O–H groups in total. The van der Waals surface area contributed by atoms with Crippen LogP contribution in [0.4, 0.5) is 8.78 Å². The molecule has 0 bridgehead atoms. The second-order valence-corrected chi connectivity index (χ2v) is 3.77. The summed E-state index contributed by atoms with van der Waals surface area (Å²) in [6.45, 7) is 6.53. The third-order valence-corrected chi connectivity index (χ3v) is 2.73. The van der Waals surface area contributed by atoms with Crippen LogP contribution in [0, 0.1) is 11.6 Å². The van der Waals surface area contributed by atoms with E-state index < -0.39 is 11.6 Å². The maximum atomic E-state index is 13.4. The third kappa shape index (κ3) is 2.75. The molecule has 84 valence electrons. The predicted octanol–water partition coefficient (Wildman–Crippen LogP) is 3.07. The van der Waals surface area contributed by atoms with Gasteiger partial charge in [0.25, 0.3) is 0 Å². The highest BCUT2D eigenvalue weighted by Crippen LogP contribution is 2.24. The molecular formula is C12H17F2N. The van der Waals surface area contributed by atoms with Gasteiger partial charge in [-0.05, 0) is 25.6 Å². The third-order valence-electron chi connectivity index (χ3n) is 2.73. The summed E-state index contributed by atoms with van der Waals surface area (Å²) < 4.78 is 26.9. The first-order valence-electron chi connectivity index (χ1n) is 5.25. The molecule has 1 aromatic rings. The van der Waals surface area contributed by atoms with Crippen LogP contribution in [0.3, 0.4) is 0 Å². The molecule has 1 nitrogen and oxygen atoms in total. The summed E-state index contributed by atoms with van der Waals surface area (Å²) in [6, 6.07) is 4.04. The van der Waals surface area contributed by atoms with E-state index in [1.807, 2.05) is 20.8 Å². The van der Waals surface area contributed by atoms with Crippen LogP contribution in [0.1, 0.15) is 32.3 Å². The normalized spacial score (nSPS) is 15.0. The molecular weight excluding hydrogens is 196 g/mol. The zero-order valence-electron chi connectivity index (χ0n) is 9.35. The lowest BCUT2D eigenvalue weighted by molar-refractivity contribution is 0.453. The highest BCUT2D eigenvalue weighted by atomic mass is 19.1. The Bertz CT molecular complexity index is 305. The molecule has 0 fully saturated rings. The number of likely N-dealkylation sites (N-methyl/N-ethyl adjacent to an activating group) is 1. The van der Waals surface area contributed by atoms with Gasteiger partial charge in [-0.15, -0.1) is 0 Å². The molecule has 0 aliphatic heterocycles. The molecule has 0 spiro atoms. The van der Waals surface area contributed by atoms with E-state index in [0.29, 0.717) is 0 Å². The van der Waals surface area contributed by atoms with E-state index in [2.05, 4.69) is 5.32 Å². The van der Waals surface area contributed by atoms with Gasteiger partial charge >= 0.3 is 0 Å². The summed E-state index contributed by atoms with van der Waals surface area (Å²) >= 11 is 0. The van der Waals surface area contributed by atoms with Gasteiger partial charge in [0, 0.05) is 17.5 Å². The van der Waals surface area contributed by atoms with Gasteiger partial charge in [0.1, 0.15) is 11.6 Å². The smallest absolute Gasteiger partial charge is 0.129 e. The van der Waals surface area contributed by atoms with Gasteiger partial charge in [-0.25, -0.2) is 8.78 Å². The number of benzene rings is 1. The van der Waals surface area contributed by atoms with Crippen molar-refractivity contribution in [3.63, 3.8) is 0 Å². The quantitative estimate of drug-likeness (QED) is 0.810. The first-order valence-corrected chi connectivity index (χ1v) is 5.25. The lowest BCUT2D eigenvalue weighted by Gasteiger charge is -2.21. The molecule has 0 aliphatic rings. The van der Waals surface area contributed by atoms with E-state index in [9.17, 15) is 8.78 Å². The fourth-order valence-electron chi connectivity index (χ4n) is 1.69. The topological polar surface area (TPSA) is 12.0 Å². The lowest BCUT2D eigenvalue weighted by atomic mass is 9.93. The van der Waals surface area contributed by atoms with Gasteiger partial charge in [-0.1, -0.05) is 19.9 Å². The van der Waals surface area contributed by atoms with E-state index in [1.54, 1.807) is 0 Å². The van der Waals surface area contributed by atoms with Crippen LogP contribution in [0.5, 0.6) is 0 Å². The van der Waals surface area contributed by atoms with E-state index in [1.165, 1.54) is 18.2 Å². The molecule has 1 aromatic carbocycles. The fraction of sp³-hybridized carbons (Fsp3) is 0.500. The van der Waals surface area contributed by atoms with E-state index in [-0.39, 0.29) is 17.5 Å². The molecule has 1 rings (SSSR count). The van der Waals surface area contributed by atoms with Crippen LogP contribution in [-0.2, 0) is 0 Å². The minimum Gasteiger partial charge on any atom is -0.314 e. The van der Waals surface area contributed by atoms with Crippen LogP contribution < -0.4 is 5.32 Å². The average molecular weight is 213 g/mol. The number of hydrogen-bond donors (Lipinski definition) is 1. The molecule has 0 radical (unpaired) electrons. The Labute approximate surface area is 89.5 Å². The molecule has 15 heavy (non-hydrogen) atoms. The van der Waals surface area contributed by atoms with Crippen molar-refractivity contribution >= 4 is 0 Å². The van der Waals surface area contributed by atoms with Gasteiger partial charge in [-0.2, -0.15) is 0 Å². The molecule has 0 aromatic heterocycles. The van der Waals surface area contributed by atoms with Crippen LogP contribution >= 0.6 is 0 Å². The molecule has 0 aliphatic carbocycles. The van der Waals surface area contributed by atoms with Crippen LogP contribution in [-0.4, -0.2) is 12.6 Å². The van der Waals surface area contributed by atoms with Crippen molar-refractivity contribution < 1.29 is 8.78 Å². The maximum Gasteiger partial charge on any atom is 0.129 e. The second kappa shape index (κ2) is 5.21. The molecule has 3 heteroatoms.